The summed E-state index contributed by atoms with van der Waals surface area (Å²) in [6, 6.07) is 0. The van der Waals surface area contributed by atoms with E-state index in [4.69, 9.17) is 0 Å². The van der Waals surface area contributed by atoms with Gasteiger partial charge in [0.05, 0.1) is 5.75 Å². The number of rotatable bonds is 5. The first-order chi connectivity index (χ1) is 5.64. The summed E-state index contributed by atoms with van der Waals surface area (Å²) in [6.07, 6.45) is 5.30. The van der Waals surface area contributed by atoms with Crippen LogP contribution in [0.15, 0.2) is 0 Å². The van der Waals surface area contributed by atoms with Crippen LogP contribution in [0.25, 0.3) is 0 Å². The van der Waals surface area contributed by atoms with Crippen molar-refractivity contribution < 1.29 is 13.2 Å². The van der Waals surface area contributed by atoms with Gasteiger partial charge in [-0.2, -0.15) is 0 Å². The Balaban J connectivity index is 2.24. The van der Waals surface area contributed by atoms with Gasteiger partial charge in [-0.05, 0) is 12.3 Å². The van der Waals surface area contributed by atoms with E-state index >= 15 is 0 Å². The van der Waals surface area contributed by atoms with Gasteiger partial charge in [0.25, 0.3) is 0 Å². The van der Waals surface area contributed by atoms with E-state index < -0.39 is 10.0 Å². The van der Waals surface area contributed by atoms with Crippen molar-refractivity contribution in [3.05, 3.63) is 0 Å². The number of hydrogen-bond acceptors (Lipinski definition) is 3. The summed E-state index contributed by atoms with van der Waals surface area (Å²) in [4.78, 5) is 9.73. The van der Waals surface area contributed by atoms with Crippen molar-refractivity contribution >= 4 is 16.4 Å². The molecule has 0 aliphatic heterocycles. The standard InChI is InChI=1S/C7H12NO3S/c9-6-8-12(10,11)5-4-7-2-1-3-7/h7H,1-5H2,(H,8,9). The van der Waals surface area contributed by atoms with Crippen LogP contribution in [-0.2, 0) is 14.8 Å². The van der Waals surface area contributed by atoms with E-state index in [-0.39, 0.29) is 5.75 Å². The fourth-order valence-electron chi connectivity index (χ4n) is 1.22. The Morgan fingerprint density at radius 3 is 2.50 bits per heavy atom. The minimum absolute atomic E-state index is 0.0485. The molecule has 0 atom stereocenters. The van der Waals surface area contributed by atoms with Gasteiger partial charge in [-0.15, -0.1) is 0 Å². The first-order valence-electron chi connectivity index (χ1n) is 4.01. The van der Waals surface area contributed by atoms with Gasteiger partial charge in [0.2, 0.25) is 10.0 Å². The summed E-state index contributed by atoms with van der Waals surface area (Å²) in [6.45, 7) is 0. The third kappa shape index (κ3) is 2.81. The van der Waals surface area contributed by atoms with Crippen molar-refractivity contribution in [2.75, 3.05) is 5.75 Å². The number of sulfonamides is 1. The molecule has 1 aliphatic rings. The van der Waals surface area contributed by atoms with Crippen molar-refractivity contribution in [3.8, 4) is 0 Å². The zero-order chi connectivity index (χ0) is 9.03. The van der Waals surface area contributed by atoms with Gasteiger partial charge in [0, 0.05) is 0 Å². The van der Waals surface area contributed by atoms with E-state index in [0.29, 0.717) is 12.3 Å². The molecule has 0 spiro atoms. The maximum Gasteiger partial charge on any atom is 0.323 e. The average Bonchev–Trinajstić information content (AvgIpc) is 1.82. The lowest BCUT2D eigenvalue weighted by Gasteiger charge is -2.24. The molecule has 0 aromatic rings. The van der Waals surface area contributed by atoms with Gasteiger partial charge < -0.3 is 0 Å². The Hall–Kier alpha value is -0.580. The monoisotopic (exact) mass is 190 g/mol. The van der Waals surface area contributed by atoms with Gasteiger partial charge >= 0.3 is 6.41 Å². The van der Waals surface area contributed by atoms with Crippen LogP contribution in [0.5, 0.6) is 0 Å². The molecule has 0 saturated heterocycles. The van der Waals surface area contributed by atoms with Crippen LogP contribution in [0.1, 0.15) is 25.7 Å². The topological polar surface area (TPSA) is 63.2 Å². The second-order valence-electron chi connectivity index (χ2n) is 3.11. The Bertz CT molecular complexity index is 243. The second kappa shape index (κ2) is 3.89. The molecule has 4 nitrogen and oxygen atoms in total. The molecule has 1 radical (unpaired) electrons. The first-order valence-corrected chi connectivity index (χ1v) is 5.66. The minimum Gasteiger partial charge on any atom is -0.263 e. The molecule has 1 rings (SSSR count). The lowest BCUT2D eigenvalue weighted by atomic mass is 9.84. The number of hydrogen-bond donors (Lipinski definition) is 1. The van der Waals surface area contributed by atoms with Gasteiger partial charge in [-0.3, -0.25) is 4.79 Å². The molecular formula is C7H12NO3S. The lowest BCUT2D eigenvalue weighted by molar-refractivity contribution is 0.307. The molecule has 0 aromatic carbocycles. The summed E-state index contributed by atoms with van der Waals surface area (Å²) in [5.41, 5.74) is 0. The molecule has 5 heteroatoms. The molecule has 0 unspecified atom stereocenters. The Labute approximate surface area is 72.4 Å². The van der Waals surface area contributed by atoms with Crippen LogP contribution < -0.4 is 4.72 Å². The van der Waals surface area contributed by atoms with Crippen LogP contribution in [0.2, 0.25) is 0 Å². The SMILES string of the molecule is O=[C]NS(=O)(=O)CCC1CCC1. The molecule has 1 N–H and O–H groups in total. The number of carbonyl (C=O) groups excluding carboxylic acids is 1. The zero-order valence-electron chi connectivity index (χ0n) is 6.75. The summed E-state index contributed by atoms with van der Waals surface area (Å²) < 4.78 is 23.5. The Morgan fingerprint density at radius 1 is 1.42 bits per heavy atom. The van der Waals surface area contributed by atoms with Gasteiger partial charge in [0.1, 0.15) is 0 Å². The highest BCUT2D eigenvalue weighted by molar-refractivity contribution is 7.89. The summed E-state index contributed by atoms with van der Waals surface area (Å²) in [5, 5.41) is 0. The third-order valence-electron chi connectivity index (χ3n) is 2.22. The van der Waals surface area contributed by atoms with Crippen LogP contribution >= 0.6 is 0 Å². The summed E-state index contributed by atoms with van der Waals surface area (Å²) >= 11 is 0. The van der Waals surface area contributed by atoms with E-state index in [0.717, 1.165) is 12.8 Å². The highest BCUT2D eigenvalue weighted by Gasteiger charge is 2.20. The quantitative estimate of drug-likeness (QED) is 0.628. The summed E-state index contributed by atoms with van der Waals surface area (Å²) in [7, 11) is -3.38. The molecular weight excluding hydrogens is 178 g/mol. The highest BCUT2D eigenvalue weighted by Crippen LogP contribution is 2.29. The highest BCUT2D eigenvalue weighted by atomic mass is 32.2. The van der Waals surface area contributed by atoms with Crippen LogP contribution in [0.4, 0.5) is 0 Å². The molecule has 0 aromatic heterocycles. The number of nitrogens with one attached hydrogen (secondary N) is 1. The molecule has 1 saturated carbocycles. The molecule has 12 heavy (non-hydrogen) atoms. The van der Waals surface area contributed by atoms with E-state index in [1.54, 1.807) is 4.72 Å². The van der Waals surface area contributed by atoms with Crippen molar-refractivity contribution in [1.82, 2.24) is 4.72 Å². The van der Waals surface area contributed by atoms with Crippen LogP contribution in [0, 0.1) is 5.92 Å². The second-order valence-corrected chi connectivity index (χ2v) is 4.95. The van der Waals surface area contributed by atoms with Crippen LogP contribution in [-0.4, -0.2) is 20.6 Å². The molecule has 69 valence electrons. The van der Waals surface area contributed by atoms with E-state index in [9.17, 15) is 13.2 Å². The van der Waals surface area contributed by atoms with E-state index in [1.165, 1.54) is 12.8 Å². The average molecular weight is 190 g/mol. The predicted octanol–water partition coefficient (Wildman–Crippen LogP) is 0.163. The first kappa shape index (κ1) is 9.51. The number of amides is 1. The van der Waals surface area contributed by atoms with Crippen molar-refractivity contribution in [2.45, 2.75) is 25.7 Å². The zero-order valence-corrected chi connectivity index (χ0v) is 7.56. The van der Waals surface area contributed by atoms with Crippen molar-refractivity contribution in [3.63, 3.8) is 0 Å². The Morgan fingerprint density at radius 2 is 2.08 bits per heavy atom. The summed E-state index contributed by atoms with van der Waals surface area (Å²) in [5.74, 6) is 0.598. The van der Waals surface area contributed by atoms with Gasteiger partial charge in [-0.25, -0.2) is 13.1 Å². The largest absolute Gasteiger partial charge is 0.323 e. The van der Waals surface area contributed by atoms with Crippen molar-refractivity contribution in [2.24, 2.45) is 5.92 Å². The van der Waals surface area contributed by atoms with Gasteiger partial charge in [-0.1, -0.05) is 19.3 Å². The van der Waals surface area contributed by atoms with E-state index in [2.05, 4.69) is 0 Å². The molecule has 0 heterocycles. The Kier molecular flexibility index (Phi) is 3.08. The fourth-order valence-corrected chi connectivity index (χ4v) is 2.09. The third-order valence-corrected chi connectivity index (χ3v) is 3.38. The van der Waals surface area contributed by atoms with Crippen LogP contribution in [0.3, 0.4) is 0 Å². The van der Waals surface area contributed by atoms with Crippen molar-refractivity contribution in [1.29, 1.82) is 0 Å². The molecule has 1 amide bonds. The smallest absolute Gasteiger partial charge is 0.263 e. The van der Waals surface area contributed by atoms with Gasteiger partial charge in [0.15, 0.2) is 0 Å². The normalized spacial score (nSPS) is 18.3. The lowest BCUT2D eigenvalue weighted by Crippen LogP contribution is -2.27. The molecule has 1 fully saturated rings. The molecule has 1 aliphatic carbocycles. The predicted molar refractivity (Wildman–Crippen MR) is 44.6 cm³/mol. The molecule has 0 bridgehead atoms. The minimum atomic E-state index is -3.38. The van der Waals surface area contributed by atoms with E-state index in [1.807, 2.05) is 0 Å². The maximum atomic E-state index is 10.9. The fraction of sp³-hybridized carbons (Fsp3) is 0.857. The maximum absolute atomic E-state index is 10.9.